The molecule has 90 valence electrons. The highest BCUT2D eigenvalue weighted by atomic mass is 15.2. The Kier molecular flexibility index (Phi) is 3.33. The van der Waals surface area contributed by atoms with E-state index in [0.29, 0.717) is 0 Å². The lowest BCUT2D eigenvalue weighted by atomic mass is 9.85. The summed E-state index contributed by atoms with van der Waals surface area (Å²) in [7, 11) is 2.04. The van der Waals surface area contributed by atoms with E-state index in [2.05, 4.69) is 16.0 Å². The van der Waals surface area contributed by atoms with Crippen LogP contribution < -0.4 is 4.90 Å². The fraction of sp³-hybridized carbons (Fsp3) is 0.571. The van der Waals surface area contributed by atoms with Crippen molar-refractivity contribution in [1.82, 2.24) is 4.98 Å². The predicted molar refractivity (Wildman–Crippen MR) is 69.0 cm³/mol. The van der Waals surface area contributed by atoms with E-state index in [1.54, 1.807) is 0 Å². The van der Waals surface area contributed by atoms with Crippen molar-refractivity contribution in [2.24, 2.45) is 5.92 Å². The van der Waals surface area contributed by atoms with Crippen LogP contribution in [-0.2, 0) is 0 Å². The maximum atomic E-state index is 9.23. The second-order valence-electron chi connectivity index (χ2n) is 5.07. The first-order valence-electron chi connectivity index (χ1n) is 6.21. The second-order valence-corrected chi connectivity index (χ2v) is 5.07. The molecular weight excluding hydrogens is 210 g/mol. The summed E-state index contributed by atoms with van der Waals surface area (Å²) >= 11 is 0. The van der Waals surface area contributed by atoms with Gasteiger partial charge in [0.1, 0.15) is 11.9 Å². The van der Waals surface area contributed by atoms with Crippen LogP contribution in [0.15, 0.2) is 6.07 Å². The zero-order valence-corrected chi connectivity index (χ0v) is 10.8. The number of anilines is 1. The molecule has 0 aromatic carbocycles. The molecule has 0 atom stereocenters. The Morgan fingerprint density at radius 3 is 2.71 bits per heavy atom. The Balaban J connectivity index is 2.26. The first-order valence-corrected chi connectivity index (χ1v) is 6.21. The van der Waals surface area contributed by atoms with Gasteiger partial charge in [0.2, 0.25) is 0 Å². The number of nitriles is 1. The van der Waals surface area contributed by atoms with Crippen LogP contribution in [-0.4, -0.2) is 18.6 Å². The van der Waals surface area contributed by atoms with Crippen LogP contribution in [0.1, 0.15) is 36.1 Å². The van der Waals surface area contributed by atoms with Crippen LogP contribution in [0.25, 0.3) is 0 Å². The van der Waals surface area contributed by atoms with Crippen molar-refractivity contribution in [2.75, 3.05) is 18.5 Å². The van der Waals surface area contributed by atoms with Crippen LogP contribution in [0.3, 0.4) is 0 Å². The molecule has 0 N–H and O–H groups in total. The average Bonchev–Trinajstić information content (AvgIpc) is 2.22. The van der Waals surface area contributed by atoms with Crippen LogP contribution in [0.2, 0.25) is 0 Å². The topological polar surface area (TPSA) is 39.9 Å². The molecule has 0 amide bonds. The molecule has 1 fully saturated rings. The Hall–Kier alpha value is -1.56. The van der Waals surface area contributed by atoms with E-state index < -0.39 is 0 Å². The van der Waals surface area contributed by atoms with Crippen molar-refractivity contribution in [3.8, 4) is 6.07 Å². The molecule has 1 aromatic rings. The standard InChI is InChI=1S/C14H19N3/c1-10-7-11(2)16-14(13(10)8-15)17(3)9-12-5-4-6-12/h7,12H,4-6,9H2,1-3H3. The average molecular weight is 229 g/mol. The van der Waals surface area contributed by atoms with Gasteiger partial charge < -0.3 is 4.90 Å². The normalized spacial score (nSPS) is 15.2. The van der Waals surface area contributed by atoms with Gasteiger partial charge in [-0.15, -0.1) is 0 Å². The van der Waals surface area contributed by atoms with Gasteiger partial charge in [-0.05, 0) is 44.2 Å². The Labute approximate surface area is 103 Å². The molecule has 1 aliphatic carbocycles. The highest BCUT2D eigenvalue weighted by Crippen LogP contribution is 2.29. The smallest absolute Gasteiger partial charge is 0.146 e. The first-order chi connectivity index (χ1) is 8.11. The highest BCUT2D eigenvalue weighted by Gasteiger charge is 2.21. The lowest BCUT2D eigenvalue weighted by molar-refractivity contribution is 0.321. The van der Waals surface area contributed by atoms with Crippen molar-refractivity contribution in [2.45, 2.75) is 33.1 Å². The molecule has 1 heterocycles. The van der Waals surface area contributed by atoms with Gasteiger partial charge in [0.15, 0.2) is 0 Å². The second kappa shape index (κ2) is 4.75. The highest BCUT2D eigenvalue weighted by molar-refractivity contribution is 5.57. The fourth-order valence-electron chi connectivity index (χ4n) is 2.38. The summed E-state index contributed by atoms with van der Waals surface area (Å²) in [6.07, 6.45) is 3.98. The molecule has 0 aliphatic heterocycles. The Morgan fingerprint density at radius 2 is 2.18 bits per heavy atom. The molecule has 1 aliphatic rings. The summed E-state index contributed by atoms with van der Waals surface area (Å²) in [6, 6.07) is 4.25. The van der Waals surface area contributed by atoms with Crippen molar-refractivity contribution >= 4 is 5.82 Å². The number of aromatic nitrogens is 1. The SMILES string of the molecule is Cc1cc(C)c(C#N)c(N(C)CC2CCC2)n1. The quantitative estimate of drug-likeness (QED) is 0.800. The summed E-state index contributed by atoms with van der Waals surface area (Å²) in [6.45, 7) is 4.98. The van der Waals surface area contributed by atoms with E-state index in [9.17, 15) is 5.26 Å². The minimum Gasteiger partial charge on any atom is -0.358 e. The number of aryl methyl sites for hydroxylation is 2. The van der Waals surface area contributed by atoms with Gasteiger partial charge in [-0.25, -0.2) is 4.98 Å². The Bertz CT molecular complexity index is 455. The van der Waals surface area contributed by atoms with Gasteiger partial charge in [0.25, 0.3) is 0 Å². The molecule has 0 unspecified atom stereocenters. The van der Waals surface area contributed by atoms with Crippen molar-refractivity contribution in [3.05, 3.63) is 22.9 Å². The van der Waals surface area contributed by atoms with Crippen molar-refractivity contribution in [1.29, 1.82) is 5.26 Å². The van der Waals surface area contributed by atoms with E-state index in [-0.39, 0.29) is 0 Å². The fourth-order valence-corrected chi connectivity index (χ4v) is 2.38. The third kappa shape index (κ3) is 2.41. The third-order valence-corrected chi connectivity index (χ3v) is 3.56. The Morgan fingerprint density at radius 1 is 1.47 bits per heavy atom. The summed E-state index contributed by atoms with van der Waals surface area (Å²) in [5.74, 6) is 1.63. The third-order valence-electron chi connectivity index (χ3n) is 3.56. The molecule has 1 saturated carbocycles. The molecule has 2 rings (SSSR count). The van der Waals surface area contributed by atoms with Crippen LogP contribution in [0, 0.1) is 31.1 Å². The molecular formula is C14H19N3. The molecule has 0 radical (unpaired) electrons. The van der Waals surface area contributed by atoms with Crippen LogP contribution >= 0.6 is 0 Å². The molecule has 17 heavy (non-hydrogen) atoms. The van der Waals surface area contributed by atoms with Gasteiger partial charge in [-0.3, -0.25) is 0 Å². The number of hydrogen-bond acceptors (Lipinski definition) is 3. The van der Waals surface area contributed by atoms with E-state index in [1.165, 1.54) is 19.3 Å². The number of rotatable bonds is 3. The van der Waals surface area contributed by atoms with Crippen molar-refractivity contribution in [3.63, 3.8) is 0 Å². The van der Waals surface area contributed by atoms with E-state index in [4.69, 9.17) is 0 Å². The molecule has 3 nitrogen and oxygen atoms in total. The van der Waals surface area contributed by atoms with Gasteiger partial charge in [-0.2, -0.15) is 5.26 Å². The zero-order valence-electron chi connectivity index (χ0n) is 10.8. The predicted octanol–water partition coefficient (Wildman–Crippen LogP) is 2.81. The number of hydrogen-bond donors (Lipinski definition) is 0. The summed E-state index contributed by atoms with van der Waals surface area (Å²) in [5.41, 5.74) is 2.73. The van der Waals surface area contributed by atoms with Gasteiger partial charge in [0, 0.05) is 19.3 Å². The summed E-state index contributed by atoms with van der Waals surface area (Å²) in [4.78, 5) is 6.66. The van der Waals surface area contributed by atoms with Gasteiger partial charge in [-0.1, -0.05) is 6.42 Å². The van der Waals surface area contributed by atoms with Crippen LogP contribution in [0.5, 0.6) is 0 Å². The first kappa shape index (κ1) is 11.9. The van der Waals surface area contributed by atoms with E-state index >= 15 is 0 Å². The minimum absolute atomic E-state index is 0.720. The lowest BCUT2D eigenvalue weighted by Gasteiger charge is -2.31. The molecule has 1 aromatic heterocycles. The maximum absolute atomic E-state index is 9.23. The number of nitrogens with zero attached hydrogens (tertiary/aromatic N) is 3. The van der Waals surface area contributed by atoms with Gasteiger partial charge >= 0.3 is 0 Å². The maximum Gasteiger partial charge on any atom is 0.146 e. The van der Waals surface area contributed by atoms with Gasteiger partial charge in [0.05, 0.1) is 5.56 Å². The monoisotopic (exact) mass is 229 g/mol. The zero-order chi connectivity index (χ0) is 12.4. The molecule has 3 heteroatoms. The molecule has 0 saturated heterocycles. The van der Waals surface area contributed by atoms with E-state index in [1.807, 2.05) is 27.0 Å². The minimum atomic E-state index is 0.720. The number of pyridine rings is 1. The van der Waals surface area contributed by atoms with Crippen molar-refractivity contribution < 1.29 is 0 Å². The van der Waals surface area contributed by atoms with E-state index in [0.717, 1.165) is 35.1 Å². The summed E-state index contributed by atoms with van der Waals surface area (Å²) in [5, 5.41) is 9.23. The van der Waals surface area contributed by atoms with Crippen LogP contribution in [0.4, 0.5) is 5.82 Å². The summed E-state index contributed by atoms with van der Waals surface area (Å²) < 4.78 is 0. The largest absolute Gasteiger partial charge is 0.358 e. The molecule has 0 spiro atoms. The lowest BCUT2D eigenvalue weighted by Crippen LogP contribution is -2.30. The molecule has 0 bridgehead atoms.